The largest absolute Gasteiger partial charge is 0.487 e. The Morgan fingerprint density at radius 3 is 2.78 bits per heavy atom. The quantitative estimate of drug-likeness (QED) is 0.755. The van der Waals surface area contributed by atoms with Crippen LogP contribution >= 0.6 is 11.6 Å². The Morgan fingerprint density at radius 1 is 1.33 bits per heavy atom. The third-order valence-corrected chi connectivity index (χ3v) is 3.74. The van der Waals surface area contributed by atoms with Crippen molar-refractivity contribution >= 4 is 11.6 Å². The molecule has 3 heteroatoms. The van der Waals surface area contributed by atoms with Crippen molar-refractivity contribution in [2.45, 2.75) is 51.2 Å². The van der Waals surface area contributed by atoms with Crippen LogP contribution in [0.3, 0.4) is 0 Å². The topological polar surface area (TPSA) is 18.5 Å². The molecule has 3 atom stereocenters. The summed E-state index contributed by atoms with van der Waals surface area (Å²) in [4.78, 5) is 0. The molecule has 0 bridgehead atoms. The zero-order valence-electron chi connectivity index (χ0n) is 11.3. The van der Waals surface area contributed by atoms with Gasteiger partial charge < -0.3 is 9.47 Å². The van der Waals surface area contributed by atoms with E-state index in [-0.39, 0.29) is 17.6 Å². The van der Waals surface area contributed by atoms with E-state index >= 15 is 0 Å². The van der Waals surface area contributed by atoms with E-state index in [2.05, 4.69) is 39.0 Å². The van der Waals surface area contributed by atoms with Crippen molar-refractivity contribution in [2.24, 2.45) is 0 Å². The van der Waals surface area contributed by atoms with Crippen LogP contribution in [0.1, 0.15) is 30.9 Å². The molecule has 0 N–H and O–H groups in total. The molecule has 0 aromatic heterocycles. The molecule has 1 fully saturated rings. The van der Waals surface area contributed by atoms with Gasteiger partial charge in [0.1, 0.15) is 18.0 Å². The second kappa shape index (κ2) is 5.94. The molecular formula is C15H21ClO2. The van der Waals surface area contributed by atoms with Crippen molar-refractivity contribution in [3.63, 3.8) is 0 Å². The molecule has 0 saturated heterocycles. The number of benzene rings is 1. The van der Waals surface area contributed by atoms with Gasteiger partial charge in [-0.3, -0.25) is 0 Å². The van der Waals surface area contributed by atoms with Gasteiger partial charge in [0.05, 0.1) is 5.38 Å². The first-order valence-electron chi connectivity index (χ1n) is 6.61. The zero-order valence-corrected chi connectivity index (χ0v) is 12.0. The van der Waals surface area contributed by atoms with Gasteiger partial charge in [0.25, 0.3) is 0 Å². The molecule has 0 heterocycles. The molecule has 1 saturated carbocycles. The van der Waals surface area contributed by atoms with E-state index in [4.69, 9.17) is 21.1 Å². The van der Waals surface area contributed by atoms with Crippen molar-refractivity contribution in [3.05, 3.63) is 29.3 Å². The molecule has 1 aliphatic carbocycles. The first kappa shape index (κ1) is 13.7. The van der Waals surface area contributed by atoms with E-state index < -0.39 is 0 Å². The summed E-state index contributed by atoms with van der Waals surface area (Å²) in [6, 6.07) is 6.26. The van der Waals surface area contributed by atoms with E-state index in [0.717, 1.165) is 30.8 Å². The van der Waals surface area contributed by atoms with E-state index in [1.54, 1.807) is 0 Å². The lowest BCUT2D eigenvalue weighted by molar-refractivity contribution is -0.0799. The van der Waals surface area contributed by atoms with Crippen LogP contribution in [0.5, 0.6) is 5.75 Å². The Kier molecular flexibility index (Phi) is 4.52. The number of rotatable bonds is 5. The molecule has 1 aromatic carbocycles. The summed E-state index contributed by atoms with van der Waals surface area (Å²) in [6.07, 6.45) is 2.01. The summed E-state index contributed by atoms with van der Waals surface area (Å²) >= 11 is 6.18. The SMILES string of the molecule is CCCOC1C(Cl)CC1Oc1cc(C)ccc1C. The molecule has 18 heavy (non-hydrogen) atoms. The third-order valence-electron chi connectivity index (χ3n) is 3.32. The number of hydrogen-bond acceptors (Lipinski definition) is 2. The highest BCUT2D eigenvalue weighted by Gasteiger charge is 2.42. The summed E-state index contributed by atoms with van der Waals surface area (Å²) < 4.78 is 11.8. The molecule has 2 nitrogen and oxygen atoms in total. The average molecular weight is 269 g/mol. The van der Waals surface area contributed by atoms with Crippen molar-refractivity contribution in [1.82, 2.24) is 0 Å². The minimum Gasteiger partial charge on any atom is -0.487 e. The van der Waals surface area contributed by atoms with Crippen LogP contribution in [0, 0.1) is 13.8 Å². The van der Waals surface area contributed by atoms with Crippen LogP contribution in [0.15, 0.2) is 18.2 Å². The first-order chi connectivity index (χ1) is 8.61. The fraction of sp³-hybridized carbons (Fsp3) is 0.600. The van der Waals surface area contributed by atoms with Gasteiger partial charge in [-0.15, -0.1) is 11.6 Å². The lowest BCUT2D eigenvalue weighted by atomic mass is 9.90. The Morgan fingerprint density at radius 2 is 2.11 bits per heavy atom. The Bertz CT molecular complexity index is 405. The van der Waals surface area contributed by atoms with Gasteiger partial charge in [0.15, 0.2) is 0 Å². The maximum Gasteiger partial charge on any atom is 0.128 e. The highest BCUT2D eigenvalue weighted by molar-refractivity contribution is 6.21. The number of ether oxygens (including phenoxy) is 2. The standard InChI is InChI=1S/C15H21ClO2/c1-4-7-17-15-12(16)9-14(15)18-13-8-10(2)5-6-11(13)3/h5-6,8,12,14-15H,4,7,9H2,1-3H3. The minimum atomic E-state index is 0.0338. The predicted octanol–water partition coefficient (Wildman–Crippen LogP) is 3.86. The van der Waals surface area contributed by atoms with Crippen molar-refractivity contribution in [2.75, 3.05) is 6.61 Å². The summed E-state index contributed by atoms with van der Waals surface area (Å²) in [7, 11) is 0. The van der Waals surface area contributed by atoms with Gasteiger partial charge in [0.2, 0.25) is 0 Å². The fourth-order valence-electron chi connectivity index (χ4n) is 2.11. The molecule has 0 radical (unpaired) electrons. The van der Waals surface area contributed by atoms with E-state index in [9.17, 15) is 0 Å². The highest BCUT2D eigenvalue weighted by Crippen LogP contribution is 2.34. The molecule has 1 aliphatic rings. The minimum absolute atomic E-state index is 0.0338. The fourth-order valence-corrected chi connectivity index (χ4v) is 2.52. The van der Waals surface area contributed by atoms with Crippen LogP contribution in [0.2, 0.25) is 0 Å². The Labute approximate surface area is 114 Å². The van der Waals surface area contributed by atoms with Crippen molar-refractivity contribution in [3.8, 4) is 5.75 Å². The number of alkyl halides is 1. The summed E-state index contributed by atoms with van der Waals surface area (Å²) in [6.45, 7) is 6.99. The summed E-state index contributed by atoms with van der Waals surface area (Å²) in [5.41, 5.74) is 2.37. The number of aryl methyl sites for hydroxylation is 2. The first-order valence-corrected chi connectivity index (χ1v) is 7.05. The van der Waals surface area contributed by atoms with Crippen LogP contribution < -0.4 is 4.74 Å². The van der Waals surface area contributed by atoms with Crippen LogP contribution in [-0.4, -0.2) is 24.2 Å². The van der Waals surface area contributed by atoms with Crippen molar-refractivity contribution < 1.29 is 9.47 Å². The number of hydrogen-bond donors (Lipinski definition) is 0. The monoisotopic (exact) mass is 268 g/mol. The zero-order chi connectivity index (χ0) is 13.1. The summed E-state index contributed by atoms with van der Waals surface area (Å²) in [5, 5.41) is 0.0895. The molecule has 2 rings (SSSR count). The van der Waals surface area contributed by atoms with Gasteiger partial charge in [-0.1, -0.05) is 19.1 Å². The molecule has 0 aliphatic heterocycles. The lowest BCUT2D eigenvalue weighted by Crippen LogP contribution is -2.52. The van der Waals surface area contributed by atoms with Crippen molar-refractivity contribution in [1.29, 1.82) is 0 Å². The van der Waals surface area contributed by atoms with E-state index in [1.807, 2.05) is 0 Å². The van der Waals surface area contributed by atoms with Gasteiger partial charge in [-0.2, -0.15) is 0 Å². The van der Waals surface area contributed by atoms with E-state index in [1.165, 1.54) is 5.56 Å². The molecule has 0 spiro atoms. The smallest absolute Gasteiger partial charge is 0.128 e. The van der Waals surface area contributed by atoms with Crippen LogP contribution in [0.4, 0.5) is 0 Å². The highest BCUT2D eigenvalue weighted by atomic mass is 35.5. The van der Waals surface area contributed by atoms with Crippen LogP contribution in [-0.2, 0) is 4.74 Å². The second-order valence-electron chi connectivity index (χ2n) is 5.01. The summed E-state index contributed by atoms with van der Waals surface area (Å²) in [5.74, 6) is 0.952. The maximum atomic E-state index is 6.18. The van der Waals surface area contributed by atoms with Gasteiger partial charge in [0, 0.05) is 13.0 Å². The Balaban J connectivity index is 1.98. The van der Waals surface area contributed by atoms with Gasteiger partial charge in [-0.25, -0.2) is 0 Å². The molecule has 0 amide bonds. The molecule has 3 unspecified atom stereocenters. The van der Waals surface area contributed by atoms with Crippen LogP contribution in [0.25, 0.3) is 0 Å². The van der Waals surface area contributed by atoms with Gasteiger partial charge >= 0.3 is 0 Å². The molecule has 1 aromatic rings. The lowest BCUT2D eigenvalue weighted by Gasteiger charge is -2.40. The predicted molar refractivity (Wildman–Crippen MR) is 74.6 cm³/mol. The number of halogens is 1. The molecular weight excluding hydrogens is 248 g/mol. The van der Waals surface area contributed by atoms with E-state index in [0.29, 0.717) is 0 Å². The Hall–Kier alpha value is -0.730. The maximum absolute atomic E-state index is 6.18. The third kappa shape index (κ3) is 2.99. The molecule has 100 valence electrons. The normalized spacial score (nSPS) is 26.8. The second-order valence-corrected chi connectivity index (χ2v) is 5.57. The van der Waals surface area contributed by atoms with Gasteiger partial charge in [-0.05, 0) is 37.5 Å². The average Bonchev–Trinajstić information content (AvgIpc) is 2.33.